The quantitative estimate of drug-likeness (QED) is 0.552. The summed E-state index contributed by atoms with van der Waals surface area (Å²) >= 11 is 11.8. The fourth-order valence-electron chi connectivity index (χ4n) is 1.17. The zero-order chi connectivity index (χ0) is 6.91. The van der Waals surface area contributed by atoms with Crippen molar-refractivity contribution in [1.82, 2.24) is 0 Å². The van der Waals surface area contributed by atoms with E-state index in [-0.39, 0.29) is 0 Å². The summed E-state index contributed by atoms with van der Waals surface area (Å²) in [5.41, 5.74) is 0. The topological polar surface area (TPSA) is 0 Å². The molecule has 0 bridgehead atoms. The van der Waals surface area contributed by atoms with Crippen molar-refractivity contribution in [3.05, 3.63) is 6.92 Å². The summed E-state index contributed by atoms with van der Waals surface area (Å²) in [5.74, 6) is 0.512. The smallest absolute Gasteiger partial charge is 0.101 e. The Kier molecular flexibility index (Phi) is 2.28. The predicted octanol–water partition coefficient (Wildman–Crippen LogP) is 3.18. The SMILES string of the molecule is [CH2]CCC1CCC1(Cl)Cl. The molecule has 1 unspecified atom stereocenters. The molecule has 1 radical (unpaired) electrons. The van der Waals surface area contributed by atoms with E-state index in [0.717, 1.165) is 19.3 Å². The number of hydrogen-bond donors (Lipinski definition) is 0. The molecule has 0 aromatic rings. The Morgan fingerprint density at radius 2 is 2.22 bits per heavy atom. The van der Waals surface area contributed by atoms with Crippen molar-refractivity contribution in [3.8, 4) is 0 Å². The zero-order valence-electron chi connectivity index (χ0n) is 5.37. The number of halogens is 2. The van der Waals surface area contributed by atoms with Crippen LogP contribution >= 0.6 is 23.2 Å². The maximum atomic E-state index is 5.89. The molecule has 1 fully saturated rings. The minimum absolute atomic E-state index is 0.405. The molecule has 0 amide bonds. The molecule has 1 aliphatic rings. The van der Waals surface area contributed by atoms with Gasteiger partial charge in [0.15, 0.2) is 0 Å². The Hall–Kier alpha value is 0.580. The summed E-state index contributed by atoms with van der Waals surface area (Å²) in [4.78, 5) is 0. The second kappa shape index (κ2) is 2.67. The van der Waals surface area contributed by atoms with E-state index in [4.69, 9.17) is 23.2 Å². The minimum atomic E-state index is -0.405. The molecule has 2 heteroatoms. The molecule has 1 aliphatic carbocycles. The summed E-state index contributed by atoms with van der Waals surface area (Å²) in [5, 5.41) is 0. The fraction of sp³-hybridized carbons (Fsp3) is 0.857. The molecule has 0 saturated heterocycles. The second-order valence-corrected chi connectivity index (χ2v) is 4.18. The van der Waals surface area contributed by atoms with Crippen LogP contribution in [0, 0.1) is 12.8 Å². The van der Waals surface area contributed by atoms with Gasteiger partial charge < -0.3 is 0 Å². The highest BCUT2D eigenvalue weighted by Gasteiger charge is 2.42. The van der Waals surface area contributed by atoms with Crippen LogP contribution in [0.4, 0.5) is 0 Å². The lowest BCUT2D eigenvalue weighted by Gasteiger charge is -2.39. The Labute approximate surface area is 66.5 Å². The number of alkyl halides is 2. The lowest BCUT2D eigenvalue weighted by molar-refractivity contribution is 0.272. The van der Waals surface area contributed by atoms with E-state index in [1.54, 1.807) is 0 Å². The van der Waals surface area contributed by atoms with Crippen molar-refractivity contribution >= 4 is 23.2 Å². The second-order valence-electron chi connectivity index (χ2n) is 2.64. The van der Waals surface area contributed by atoms with Gasteiger partial charge in [0, 0.05) is 0 Å². The molecular weight excluding hydrogens is 155 g/mol. The third kappa shape index (κ3) is 1.53. The molecule has 0 nitrogen and oxygen atoms in total. The summed E-state index contributed by atoms with van der Waals surface area (Å²) in [7, 11) is 0. The van der Waals surface area contributed by atoms with Crippen molar-refractivity contribution in [2.75, 3.05) is 0 Å². The molecule has 0 heterocycles. The van der Waals surface area contributed by atoms with Crippen LogP contribution in [-0.2, 0) is 0 Å². The van der Waals surface area contributed by atoms with Crippen molar-refractivity contribution in [2.45, 2.75) is 30.0 Å². The van der Waals surface area contributed by atoms with Crippen LogP contribution in [0.3, 0.4) is 0 Å². The molecule has 1 atom stereocenters. The average molecular weight is 166 g/mol. The first-order valence-corrected chi connectivity index (χ1v) is 4.09. The van der Waals surface area contributed by atoms with Gasteiger partial charge in [-0.3, -0.25) is 0 Å². The maximum Gasteiger partial charge on any atom is 0.121 e. The highest BCUT2D eigenvalue weighted by Crippen LogP contribution is 2.49. The molecule has 0 aromatic carbocycles. The van der Waals surface area contributed by atoms with Gasteiger partial charge in [-0.1, -0.05) is 13.3 Å². The van der Waals surface area contributed by atoms with Gasteiger partial charge in [0.05, 0.1) is 0 Å². The van der Waals surface area contributed by atoms with Crippen molar-refractivity contribution in [1.29, 1.82) is 0 Å². The molecule has 1 rings (SSSR count). The largest absolute Gasteiger partial charge is 0.121 e. The fourth-order valence-corrected chi connectivity index (χ4v) is 1.82. The molecular formula is C7H11Cl2. The van der Waals surface area contributed by atoms with Crippen LogP contribution in [0.1, 0.15) is 25.7 Å². The normalized spacial score (nSPS) is 31.7. The van der Waals surface area contributed by atoms with Gasteiger partial charge in [-0.2, -0.15) is 0 Å². The highest BCUT2D eigenvalue weighted by molar-refractivity contribution is 6.49. The van der Waals surface area contributed by atoms with E-state index in [2.05, 4.69) is 6.92 Å². The van der Waals surface area contributed by atoms with Crippen LogP contribution < -0.4 is 0 Å². The third-order valence-electron chi connectivity index (χ3n) is 1.98. The van der Waals surface area contributed by atoms with Crippen LogP contribution in [-0.4, -0.2) is 4.33 Å². The molecule has 9 heavy (non-hydrogen) atoms. The van der Waals surface area contributed by atoms with Gasteiger partial charge in [-0.25, -0.2) is 0 Å². The zero-order valence-corrected chi connectivity index (χ0v) is 6.88. The summed E-state index contributed by atoms with van der Waals surface area (Å²) < 4.78 is -0.405. The molecule has 0 aliphatic heterocycles. The van der Waals surface area contributed by atoms with Crippen molar-refractivity contribution in [3.63, 3.8) is 0 Å². The van der Waals surface area contributed by atoms with E-state index in [9.17, 15) is 0 Å². The van der Waals surface area contributed by atoms with Crippen LogP contribution in [0.15, 0.2) is 0 Å². The van der Waals surface area contributed by atoms with Crippen LogP contribution in [0.25, 0.3) is 0 Å². The van der Waals surface area contributed by atoms with Gasteiger partial charge in [-0.05, 0) is 25.2 Å². The number of hydrogen-bond acceptors (Lipinski definition) is 0. The summed E-state index contributed by atoms with van der Waals surface area (Å²) in [6.45, 7) is 3.76. The Bertz CT molecular complexity index is 99.1. The van der Waals surface area contributed by atoms with E-state index in [0.29, 0.717) is 5.92 Å². The molecule has 0 spiro atoms. The molecule has 0 N–H and O–H groups in total. The first-order valence-electron chi connectivity index (χ1n) is 3.34. The molecule has 1 saturated carbocycles. The van der Waals surface area contributed by atoms with E-state index >= 15 is 0 Å². The Morgan fingerprint density at radius 3 is 2.33 bits per heavy atom. The lowest BCUT2D eigenvalue weighted by atomic mass is 9.81. The molecule has 53 valence electrons. The van der Waals surface area contributed by atoms with Gasteiger partial charge in [0.25, 0.3) is 0 Å². The first-order chi connectivity index (χ1) is 4.17. The van der Waals surface area contributed by atoms with Crippen molar-refractivity contribution < 1.29 is 0 Å². The number of rotatable bonds is 2. The monoisotopic (exact) mass is 165 g/mol. The van der Waals surface area contributed by atoms with Gasteiger partial charge >= 0.3 is 0 Å². The van der Waals surface area contributed by atoms with Gasteiger partial charge in [-0.15, -0.1) is 23.2 Å². The standard InChI is InChI=1S/C7H11Cl2/c1-2-3-6-4-5-7(6,8)9/h6H,1-5H2. The maximum absolute atomic E-state index is 5.89. The minimum Gasteiger partial charge on any atom is -0.101 e. The average Bonchev–Trinajstić information content (AvgIpc) is 1.81. The van der Waals surface area contributed by atoms with Crippen LogP contribution in [0.2, 0.25) is 0 Å². The van der Waals surface area contributed by atoms with Gasteiger partial charge in [0.2, 0.25) is 0 Å². The predicted molar refractivity (Wildman–Crippen MR) is 41.8 cm³/mol. The Balaban J connectivity index is 2.28. The van der Waals surface area contributed by atoms with E-state index in [1.165, 1.54) is 6.42 Å². The Morgan fingerprint density at radius 1 is 1.56 bits per heavy atom. The van der Waals surface area contributed by atoms with Gasteiger partial charge in [0.1, 0.15) is 4.33 Å². The molecule has 0 aromatic heterocycles. The van der Waals surface area contributed by atoms with E-state index in [1.807, 2.05) is 0 Å². The van der Waals surface area contributed by atoms with Crippen molar-refractivity contribution in [2.24, 2.45) is 5.92 Å². The summed E-state index contributed by atoms with van der Waals surface area (Å²) in [6, 6.07) is 0. The summed E-state index contributed by atoms with van der Waals surface area (Å²) in [6.07, 6.45) is 4.17. The lowest BCUT2D eigenvalue weighted by Crippen LogP contribution is -2.36. The first kappa shape index (κ1) is 7.68. The third-order valence-corrected chi connectivity index (χ3v) is 2.97. The van der Waals surface area contributed by atoms with Crippen LogP contribution in [0.5, 0.6) is 0 Å². The highest BCUT2D eigenvalue weighted by atomic mass is 35.5. The van der Waals surface area contributed by atoms with E-state index < -0.39 is 4.33 Å².